The molecule has 0 aliphatic carbocycles. The van der Waals surface area contributed by atoms with Gasteiger partial charge in [-0.2, -0.15) is 10.2 Å². The highest BCUT2D eigenvalue weighted by Gasteiger charge is 2.10. The van der Waals surface area contributed by atoms with Crippen molar-refractivity contribution < 1.29 is 14.7 Å². The highest BCUT2D eigenvalue weighted by atomic mass is 16.4. The Kier molecular flexibility index (Phi) is 3.51. The van der Waals surface area contributed by atoms with E-state index < -0.39 is 5.97 Å². The van der Waals surface area contributed by atoms with E-state index in [-0.39, 0.29) is 11.5 Å². The zero-order valence-electron chi connectivity index (χ0n) is 10.1. The third kappa shape index (κ3) is 2.92. The molecule has 0 atom stereocenters. The molecule has 0 aliphatic rings. The van der Waals surface area contributed by atoms with Crippen LogP contribution in [0.3, 0.4) is 0 Å². The van der Waals surface area contributed by atoms with Crippen LogP contribution in [0.5, 0.6) is 0 Å². The summed E-state index contributed by atoms with van der Waals surface area (Å²) in [4.78, 5) is 22.8. The summed E-state index contributed by atoms with van der Waals surface area (Å²) in [5.74, 6) is -1.40. The van der Waals surface area contributed by atoms with Crippen molar-refractivity contribution >= 4 is 17.6 Å². The van der Waals surface area contributed by atoms with Gasteiger partial charge in [-0.15, -0.1) is 0 Å². The molecule has 6 heteroatoms. The number of amides is 1. The summed E-state index contributed by atoms with van der Waals surface area (Å²) in [6.45, 7) is 1.78. The number of carboxylic acid groups (broad SMARTS) is 1. The topological polar surface area (TPSA) is 92.2 Å². The largest absolute Gasteiger partial charge is 0.478 e. The highest BCUT2D eigenvalue weighted by Crippen LogP contribution is 2.17. The first-order valence-electron chi connectivity index (χ1n) is 5.50. The number of hydrogen-bond acceptors (Lipinski definition) is 4. The number of aromatic carboxylic acids is 1. The zero-order valence-corrected chi connectivity index (χ0v) is 10.1. The van der Waals surface area contributed by atoms with Gasteiger partial charge in [0.1, 0.15) is 0 Å². The standard InChI is InChI=1S/C13H11N3O3/c1-8-2-3-9(13(18)19)6-11(8)16-12(17)10-4-5-14-15-7-10/h2-7H,1H3,(H,16,17)(H,18,19). The molecule has 0 bridgehead atoms. The minimum Gasteiger partial charge on any atom is -0.478 e. The lowest BCUT2D eigenvalue weighted by Crippen LogP contribution is -2.13. The van der Waals surface area contributed by atoms with E-state index in [1.54, 1.807) is 13.0 Å². The van der Waals surface area contributed by atoms with E-state index in [0.717, 1.165) is 5.56 Å². The molecule has 0 saturated heterocycles. The number of rotatable bonds is 3. The summed E-state index contributed by atoms with van der Waals surface area (Å²) in [6.07, 6.45) is 2.75. The quantitative estimate of drug-likeness (QED) is 0.873. The van der Waals surface area contributed by atoms with E-state index in [0.29, 0.717) is 11.3 Å². The predicted octanol–water partition coefficient (Wildman–Crippen LogP) is 1.74. The van der Waals surface area contributed by atoms with Crippen LogP contribution in [-0.2, 0) is 0 Å². The number of carboxylic acids is 1. The third-order valence-electron chi connectivity index (χ3n) is 2.58. The van der Waals surface area contributed by atoms with E-state index in [1.165, 1.54) is 30.6 Å². The van der Waals surface area contributed by atoms with Crippen LogP contribution >= 0.6 is 0 Å². The average molecular weight is 257 g/mol. The molecule has 1 aromatic heterocycles. The van der Waals surface area contributed by atoms with Gasteiger partial charge in [-0.05, 0) is 30.7 Å². The van der Waals surface area contributed by atoms with Crippen LogP contribution in [0, 0.1) is 6.92 Å². The van der Waals surface area contributed by atoms with Gasteiger partial charge in [0.25, 0.3) is 5.91 Å². The number of aromatic nitrogens is 2. The van der Waals surface area contributed by atoms with Gasteiger partial charge < -0.3 is 10.4 Å². The molecule has 2 rings (SSSR count). The zero-order chi connectivity index (χ0) is 13.8. The molecular formula is C13H11N3O3. The maximum atomic E-state index is 11.9. The van der Waals surface area contributed by atoms with Crippen molar-refractivity contribution in [3.05, 3.63) is 53.3 Å². The van der Waals surface area contributed by atoms with E-state index in [4.69, 9.17) is 5.11 Å². The summed E-state index contributed by atoms with van der Waals surface area (Å²) in [5, 5.41) is 18.8. The summed E-state index contributed by atoms with van der Waals surface area (Å²) in [6, 6.07) is 6.08. The van der Waals surface area contributed by atoms with Gasteiger partial charge in [-0.1, -0.05) is 6.07 Å². The van der Waals surface area contributed by atoms with Crippen LogP contribution < -0.4 is 5.32 Å². The SMILES string of the molecule is Cc1ccc(C(=O)O)cc1NC(=O)c1ccnnc1. The molecule has 6 nitrogen and oxygen atoms in total. The molecule has 2 N–H and O–H groups in total. The van der Waals surface area contributed by atoms with Gasteiger partial charge >= 0.3 is 5.97 Å². The fraction of sp³-hybridized carbons (Fsp3) is 0.0769. The molecule has 1 aromatic carbocycles. The fourth-order valence-corrected chi connectivity index (χ4v) is 1.51. The molecule has 1 heterocycles. The van der Waals surface area contributed by atoms with Gasteiger partial charge in [0.15, 0.2) is 0 Å². The van der Waals surface area contributed by atoms with Gasteiger partial charge in [0, 0.05) is 5.69 Å². The Balaban J connectivity index is 2.26. The molecule has 0 unspecified atom stereocenters. The van der Waals surface area contributed by atoms with Crippen LogP contribution in [0.15, 0.2) is 36.7 Å². The van der Waals surface area contributed by atoms with Crippen molar-refractivity contribution in [1.82, 2.24) is 10.2 Å². The summed E-state index contributed by atoms with van der Waals surface area (Å²) in [5.41, 5.74) is 1.71. The van der Waals surface area contributed by atoms with Crippen molar-refractivity contribution in [3.8, 4) is 0 Å². The Morgan fingerprint density at radius 3 is 2.58 bits per heavy atom. The Morgan fingerprint density at radius 1 is 1.16 bits per heavy atom. The molecule has 0 fully saturated rings. The molecule has 96 valence electrons. The number of carbonyl (C=O) groups excluding carboxylic acids is 1. The summed E-state index contributed by atoms with van der Waals surface area (Å²) < 4.78 is 0. The van der Waals surface area contributed by atoms with Gasteiger partial charge in [-0.25, -0.2) is 4.79 Å². The Bertz CT molecular complexity index is 626. The summed E-state index contributed by atoms with van der Waals surface area (Å²) in [7, 11) is 0. The second-order valence-corrected chi connectivity index (χ2v) is 3.92. The Morgan fingerprint density at radius 2 is 1.95 bits per heavy atom. The fourth-order valence-electron chi connectivity index (χ4n) is 1.51. The lowest BCUT2D eigenvalue weighted by Gasteiger charge is -2.09. The minimum atomic E-state index is -1.04. The first-order chi connectivity index (χ1) is 9.08. The minimum absolute atomic E-state index is 0.119. The van der Waals surface area contributed by atoms with Gasteiger partial charge in [0.05, 0.1) is 23.5 Å². The average Bonchev–Trinajstić information content (AvgIpc) is 2.42. The van der Waals surface area contributed by atoms with Crippen LogP contribution in [0.2, 0.25) is 0 Å². The molecule has 1 amide bonds. The van der Waals surface area contributed by atoms with E-state index >= 15 is 0 Å². The molecule has 0 aliphatic heterocycles. The molecule has 0 saturated carbocycles. The van der Waals surface area contributed by atoms with Crippen molar-refractivity contribution in [2.75, 3.05) is 5.32 Å². The van der Waals surface area contributed by atoms with E-state index in [1.807, 2.05) is 0 Å². The van der Waals surface area contributed by atoms with Gasteiger partial charge in [-0.3, -0.25) is 4.79 Å². The summed E-state index contributed by atoms with van der Waals surface area (Å²) >= 11 is 0. The second kappa shape index (κ2) is 5.26. The van der Waals surface area contributed by atoms with E-state index in [9.17, 15) is 9.59 Å². The van der Waals surface area contributed by atoms with Crippen LogP contribution in [0.4, 0.5) is 5.69 Å². The maximum Gasteiger partial charge on any atom is 0.335 e. The van der Waals surface area contributed by atoms with Crippen LogP contribution in [-0.4, -0.2) is 27.2 Å². The van der Waals surface area contributed by atoms with Crippen molar-refractivity contribution in [3.63, 3.8) is 0 Å². The monoisotopic (exact) mass is 257 g/mol. The predicted molar refractivity (Wildman–Crippen MR) is 68.1 cm³/mol. The van der Waals surface area contributed by atoms with E-state index in [2.05, 4.69) is 15.5 Å². The molecule has 0 radical (unpaired) electrons. The Hall–Kier alpha value is -2.76. The number of aryl methyl sites for hydroxylation is 1. The number of benzene rings is 1. The number of nitrogens with one attached hydrogen (secondary N) is 1. The Labute approximate surface area is 109 Å². The molecule has 2 aromatic rings. The van der Waals surface area contributed by atoms with Crippen molar-refractivity contribution in [1.29, 1.82) is 0 Å². The van der Waals surface area contributed by atoms with Gasteiger partial charge in [0.2, 0.25) is 0 Å². The lowest BCUT2D eigenvalue weighted by molar-refractivity contribution is 0.0696. The third-order valence-corrected chi connectivity index (χ3v) is 2.58. The second-order valence-electron chi connectivity index (χ2n) is 3.92. The van der Waals surface area contributed by atoms with Crippen molar-refractivity contribution in [2.24, 2.45) is 0 Å². The maximum absolute atomic E-state index is 11.9. The lowest BCUT2D eigenvalue weighted by atomic mass is 10.1. The first kappa shape index (κ1) is 12.7. The van der Waals surface area contributed by atoms with Crippen LogP contribution in [0.1, 0.15) is 26.3 Å². The number of nitrogens with zero attached hydrogens (tertiary/aromatic N) is 2. The first-order valence-corrected chi connectivity index (χ1v) is 5.50. The normalized spacial score (nSPS) is 9.95. The number of hydrogen-bond donors (Lipinski definition) is 2. The number of anilines is 1. The highest BCUT2D eigenvalue weighted by molar-refractivity contribution is 6.05. The smallest absolute Gasteiger partial charge is 0.335 e. The van der Waals surface area contributed by atoms with Crippen molar-refractivity contribution in [2.45, 2.75) is 6.92 Å². The molecule has 19 heavy (non-hydrogen) atoms. The number of carbonyl (C=O) groups is 2. The van der Waals surface area contributed by atoms with Crippen LogP contribution in [0.25, 0.3) is 0 Å². The molecular weight excluding hydrogens is 246 g/mol. The molecule has 0 spiro atoms.